The number of imide groups is 1. The maximum atomic E-state index is 11.9. The number of hydrogen-bond acceptors (Lipinski definition) is 3. The van der Waals surface area contributed by atoms with Crippen molar-refractivity contribution in [2.45, 2.75) is 32.1 Å². The summed E-state index contributed by atoms with van der Waals surface area (Å²) in [5.41, 5.74) is -0.383. The van der Waals surface area contributed by atoms with Gasteiger partial charge in [0.25, 0.3) is 0 Å². The average molecular weight is 197 g/mol. The van der Waals surface area contributed by atoms with Crippen molar-refractivity contribution in [3.05, 3.63) is 0 Å². The van der Waals surface area contributed by atoms with E-state index in [1.165, 1.54) is 4.90 Å². The number of likely N-dealkylation sites (tertiary alicyclic amines) is 1. The second-order valence-electron chi connectivity index (χ2n) is 4.24. The first kappa shape index (κ1) is 9.65. The fourth-order valence-electron chi connectivity index (χ4n) is 2.63. The molecule has 14 heavy (non-hydrogen) atoms. The van der Waals surface area contributed by atoms with Crippen LogP contribution in [0.2, 0.25) is 0 Å². The third-order valence-electron chi connectivity index (χ3n) is 3.37. The highest BCUT2D eigenvalue weighted by molar-refractivity contribution is 6.06. The second-order valence-corrected chi connectivity index (χ2v) is 4.24. The Bertz CT molecular complexity index is 269. The van der Waals surface area contributed by atoms with E-state index in [1.54, 1.807) is 0 Å². The summed E-state index contributed by atoms with van der Waals surface area (Å²) in [7, 11) is 0. The first-order valence-electron chi connectivity index (χ1n) is 5.15. The van der Waals surface area contributed by atoms with Crippen LogP contribution in [0.5, 0.6) is 0 Å². The number of aliphatic hydroxyl groups is 1. The van der Waals surface area contributed by atoms with E-state index in [1.807, 2.05) is 0 Å². The van der Waals surface area contributed by atoms with Gasteiger partial charge < -0.3 is 5.11 Å². The van der Waals surface area contributed by atoms with Crippen molar-refractivity contribution in [1.29, 1.82) is 0 Å². The fraction of sp³-hybridized carbons (Fsp3) is 0.800. The lowest BCUT2D eigenvalue weighted by atomic mass is 9.84. The lowest BCUT2D eigenvalue weighted by Gasteiger charge is -2.20. The van der Waals surface area contributed by atoms with Gasteiger partial charge in [-0.3, -0.25) is 14.5 Å². The highest BCUT2D eigenvalue weighted by Gasteiger charge is 2.52. The number of carbonyl (C=O) groups is 2. The smallest absolute Gasteiger partial charge is 0.235 e. The van der Waals surface area contributed by atoms with Crippen LogP contribution in [0.1, 0.15) is 32.1 Å². The molecule has 78 valence electrons. The van der Waals surface area contributed by atoms with Gasteiger partial charge in [0, 0.05) is 6.42 Å². The highest BCUT2D eigenvalue weighted by Crippen LogP contribution is 2.46. The molecule has 1 spiro atoms. The quantitative estimate of drug-likeness (QED) is 0.648. The largest absolute Gasteiger partial charge is 0.395 e. The Morgan fingerprint density at radius 3 is 2.50 bits per heavy atom. The van der Waals surface area contributed by atoms with E-state index in [0.29, 0.717) is 6.42 Å². The highest BCUT2D eigenvalue weighted by atomic mass is 16.3. The van der Waals surface area contributed by atoms with Crippen LogP contribution in [-0.2, 0) is 9.59 Å². The molecule has 1 N–H and O–H groups in total. The molecule has 1 aliphatic carbocycles. The molecule has 1 heterocycles. The summed E-state index contributed by atoms with van der Waals surface area (Å²) >= 11 is 0. The number of β-amino-alcohol motifs (C(OH)–C–C–N with tert-alkyl or cyclic N) is 1. The number of hydrogen-bond donors (Lipinski definition) is 1. The van der Waals surface area contributed by atoms with Crippen molar-refractivity contribution in [3.8, 4) is 0 Å². The van der Waals surface area contributed by atoms with E-state index in [4.69, 9.17) is 5.11 Å². The van der Waals surface area contributed by atoms with Crippen molar-refractivity contribution in [1.82, 2.24) is 4.90 Å². The van der Waals surface area contributed by atoms with E-state index < -0.39 is 0 Å². The predicted octanol–water partition coefficient (Wildman–Crippen LogP) is 0.298. The van der Waals surface area contributed by atoms with E-state index >= 15 is 0 Å². The van der Waals surface area contributed by atoms with Gasteiger partial charge in [-0.25, -0.2) is 0 Å². The maximum Gasteiger partial charge on any atom is 0.235 e. The summed E-state index contributed by atoms with van der Waals surface area (Å²) in [5, 5.41) is 8.75. The van der Waals surface area contributed by atoms with Gasteiger partial charge >= 0.3 is 0 Å². The van der Waals surface area contributed by atoms with Gasteiger partial charge in [0.15, 0.2) is 0 Å². The van der Waals surface area contributed by atoms with Crippen LogP contribution in [-0.4, -0.2) is 35.0 Å². The number of nitrogens with zero attached hydrogens (tertiary/aromatic N) is 1. The SMILES string of the molecule is O=C1CC2(CCCC2)C(=O)N1CCO. The summed E-state index contributed by atoms with van der Waals surface area (Å²) in [5.74, 6) is -0.153. The van der Waals surface area contributed by atoms with Crippen molar-refractivity contribution in [3.63, 3.8) is 0 Å². The van der Waals surface area contributed by atoms with E-state index in [2.05, 4.69) is 0 Å². The zero-order valence-electron chi connectivity index (χ0n) is 8.16. The molecule has 1 saturated heterocycles. The maximum absolute atomic E-state index is 11.9. The molecule has 0 aromatic carbocycles. The Balaban J connectivity index is 2.18. The third kappa shape index (κ3) is 1.25. The minimum absolute atomic E-state index is 0.0472. The lowest BCUT2D eigenvalue weighted by Crippen LogP contribution is -2.36. The van der Waals surface area contributed by atoms with E-state index in [0.717, 1.165) is 25.7 Å². The van der Waals surface area contributed by atoms with Crippen LogP contribution in [0, 0.1) is 5.41 Å². The molecule has 0 atom stereocenters. The predicted molar refractivity (Wildman–Crippen MR) is 49.3 cm³/mol. The minimum Gasteiger partial charge on any atom is -0.395 e. The van der Waals surface area contributed by atoms with Crippen LogP contribution in [0.15, 0.2) is 0 Å². The molecule has 4 nitrogen and oxygen atoms in total. The molecule has 2 amide bonds. The zero-order valence-corrected chi connectivity index (χ0v) is 8.16. The summed E-state index contributed by atoms with van der Waals surface area (Å²) in [4.78, 5) is 24.7. The van der Waals surface area contributed by atoms with Gasteiger partial charge in [-0.15, -0.1) is 0 Å². The van der Waals surface area contributed by atoms with Crippen molar-refractivity contribution in [2.75, 3.05) is 13.2 Å². The molecule has 0 aromatic rings. The Kier molecular flexibility index (Phi) is 2.31. The van der Waals surface area contributed by atoms with Gasteiger partial charge in [-0.05, 0) is 12.8 Å². The second kappa shape index (κ2) is 3.35. The first-order chi connectivity index (χ1) is 6.69. The van der Waals surface area contributed by atoms with Crippen molar-refractivity contribution >= 4 is 11.8 Å². The number of rotatable bonds is 2. The summed E-state index contributed by atoms with van der Waals surface area (Å²) in [6.07, 6.45) is 4.16. The van der Waals surface area contributed by atoms with Crippen LogP contribution in [0.25, 0.3) is 0 Å². The molecule has 1 aliphatic heterocycles. The number of amides is 2. The van der Waals surface area contributed by atoms with E-state index in [9.17, 15) is 9.59 Å². The lowest BCUT2D eigenvalue weighted by molar-refractivity contribution is -0.141. The third-order valence-corrected chi connectivity index (χ3v) is 3.37. The molecule has 0 bridgehead atoms. The van der Waals surface area contributed by atoms with Gasteiger partial charge in [0.05, 0.1) is 18.6 Å². The number of carbonyl (C=O) groups excluding carboxylic acids is 2. The molecular formula is C10H15NO3. The molecule has 2 aliphatic rings. The number of aliphatic hydroxyl groups excluding tert-OH is 1. The Morgan fingerprint density at radius 1 is 1.29 bits per heavy atom. The van der Waals surface area contributed by atoms with Crippen LogP contribution >= 0.6 is 0 Å². The first-order valence-corrected chi connectivity index (χ1v) is 5.15. The van der Waals surface area contributed by atoms with Crippen molar-refractivity contribution < 1.29 is 14.7 Å². The van der Waals surface area contributed by atoms with Crippen LogP contribution in [0.3, 0.4) is 0 Å². The standard InChI is InChI=1S/C10H15NO3/c12-6-5-11-8(13)7-10(9(11)14)3-1-2-4-10/h12H,1-7H2. The van der Waals surface area contributed by atoms with Gasteiger partial charge in [0.2, 0.25) is 11.8 Å². The Hall–Kier alpha value is -0.900. The van der Waals surface area contributed by atoms with Gasteiger partial charge in [-0.2, -0.15) is 0 Å². The molecule has 2 fully saturated rings. The molecule has 0 aromatic heterocycles. The van der Waals surface area contributed by atoms with Crippen LogP contribution < -0.4 is 0 Å². The zero-order chi connectivity index (χ0) is 10.2. The molecule has 4 heteroatoms. The summed E-state index contributed by atoms with van der Waals surface area (Å²) in [6, 6.07) is 0. The summed E-state index contributed by atoms with van der Waals surface area (Å²) in [6.45, 7) is 0.0347. The molecular weight excluding hydrogens is 182 g/mol. The van der Waals surface area contributed by atoms with Gasteiger partial charge in [-0.1, -0.05) is 12.8 Å². The summed E-state index contributed by atoms with van der Waals surface area (Å²) < 4.78 is 0. The van der Waals surface area contributed by atoms with Gasteiger partial charge in [0.1, 0.15) is 0 Å². The van der Waals surface area contributed by atoms with E-state index in [-0.39, 0.29) is 30.4 Å². The molecule has 2 rings (SSSR count). The fourth-order valence-corrected chi connectivity index (χ4v) is 2.63. The van der Waals surface area contributed by atoms with Crippen LogP contribution in [0.4, 0.5) is 0 Å². The molecule has 1 saturated carbocycles. The normalized spacial score (nSPS) is 25.4. The molecule has 0 unspecified atom stereocenters. The average Bonchev–Trinajstić information content (AvgIpc) is 2.69. The monoisotopic (exact) mass is 197 g/mol. The topological polar surface area (TPSA) is 57.6 Å². The Morgan fingerprint density at radius 2 is 1.93 bits per heavy atom. The molecule has 0 radical (unpaired) electrons. The minimum atomic E-state index is -0.383. The van der Waals surface area contributed by atoms with Crippen molar-refractivity contribution in [2.24, 2.45) is 5.41 Å². The Labute approximate surface area is 82.9 Å².